The van der Waals surface area contributed by atoms with Crippen molar-refractivity contribution in [3.05, 3.63) is 71.8 Å². The van der Waals surface area contributed by atoms with Crippen molar-refractivity contribution in [3.63, 3.8) is 0 Å². The fourth-order valence-corrected chi connectivity index (χ4v) is 8.51. The number of halogens is 1. The molecule has 1 saturated carbocycles. The van der Waals surface area contributed by atoms with Crippen molar-refractivity contribution in [2.24, 2.45) is 29.1 Å². The number of alkyl halides is 1. The van der Waals surface area contributed by atoms with E-state index in [4.69, 9.17) is 4.74 Å². The first-order valence-electron chi connectivity index (χ1n) is 12.5. The number of hydrogen-bond acceptors (Lipinski definition) is 6. The maximum atomic E-state index is 14.1. The van der Waals surface area contributed by atoms with Gasteiger partial charge in [0.15, 0.2) is 0 Å². The number of anilines is 2. The van der Waals surface area contributed by atoms with Gasteiger partial charge < -0.3 is 4.74 Å². The molecule has 8 nitrogen and oxygen atoms in total. The first kappa shape index (κ1) is 24.7. The molecule has 2 heterocycles. The van der Waals surface area contributed by atoms with Gasteiger partial charge in [-0.05, 0) is 43.7 Å². The molecule has 2 aliphatic heterocycles. The Morgan fingerprint density at radius 1 is 0.789 bits per heavy atom. The van der Waals surface area contributed by atoms with E-state index in [2.05, 4.69) is 15.9 Å². The molecule has 9 heteroatoms. The van der Waals surface area contributed by atoms with Crippen molar-refractivity contribution < 1.29 is 28.7 Å². The Balaban J connectivity index is 1.61. The summed E-state index contributed by atoms with van der Waals surface area (Å²) >= 11 is 3.77. The lowest BCUT2D eigenvalue weighted by Gasteiger charge is -2.59. The lowest BCUT2D eigenvalue weighted by Crippen LogP contribution is -2.67. The van der Waals surface area contributed by atoms with Gasteiger partial charge in [0, 0.05) is 11.0 Å². The van der Waals surface area contributed by atoms with Crippen LogP contribution in [-0.4, -0.2) is 40.5 Å². The molecule has 7 rings (SSSR count). The van der Waals surface area contributed by atoms with Crippen LogP contribution in [0.4, 0.5) is 11.4 Å². The van der Waals surface area contributed by atoms with Gasteiger partial charge >= 0.3 is 5.97 Å². The van der Waals surface area contributed by atoms with Crippen LogP contribution in [0.3, 0.4) is 0 Å². The third-order valence-electron chi connectivity index (χ3n) is 8.81. The highest BCUT2D eigenvalue weighted by Crippen LogP contribution is 2.72. The molecular weight excluding hydrogens is 552 g/mol. The summed E-state index contributed by atoms with van der Waals surface area (Å²) in [6.45, 7) is 5.13. The van der Waals surface area contributed by atoms with Crippen LogP contribution >= 0.6 is 15.9 Å². The fraction of sp³-hybridized carbons (Fsp3) is 0.345. The van der Waals surface area contributed by atoms with Crippen molar-refractivity contribution in [3.8, 4) is 0 Å². The molecule has 3 fully saturated rings. The van der Waals surface area contributed by atoms with E-state index in [0.29, 0.717) is 16.9 Å². The summed E-state index contributed by atoms with van der Waals surface area (Å²) < 4.78 is 3.99. The van der Waals surface area contributed by atoms with E-state index >= 15 is 0 Å². The molecule has 2 unspecified atom stereocenters. The van der Waals surface area contributed by atoms with E-state index in [1.165, 1.54) is 0 Å². The Kier molecular flexibility index (Phi) is 5.34. The van der Waals surface area contributed by atoms with Crippen LogP contribution in [-0.2, 0) is 28.7 Å². The van der Waals surface area contributed by atoms with Crippen molar-refractivity contribution >= 4 is 56.9 Å². The highest BCUT2D eigenvalue weighted by atomic mass is 79.9. The Labute approximate surface area is 227 Å². The van der Waals surface area contributed by atoms with Crippen molar-refractivity contribution in [2.45, 2.75) is 25.1 Å². The standard InChI is InChI=1S/C29H25BrN2O6/c1-4-38-27(37)18-15(2)29(30)21-19(23(33)31(25(21)35)16-11-7-5-8-12-16)28(18,3)20-22(29)26(36)32(24(20)34)17-13-9-6-10-14-17/h5-14,19-22H,4H2,1-3H3/t19-,20-,21-,22+,28?,29?/m1/s1. The number of nitrogens with zero attached hydrogens (tertiary/aromatic N) is 2. The quantitative estimate of drug-likeness (QED) is 0.313. The third kappa shape index (κ3) is 2.77. The Morgan fingerprint density at radius 3 is 1.58 bits per heavy atom. The van der Waals surface area contributed by atoms with E-state index < -0.39 is 63.0 Å². The van der Waals surface area contributed by atoms with Gasteiger partial charge in [0.1, 0.15) is 0 Å². The first-order valence-corrected chi connectivity index (χ1v) is 13.3. The van der Waals surface area contributed by atoms with Crippen LogP contribution in [0.2, 0.25) is 0 Å². The SMILES string of the molecule is CCOC(=O)C1=C(C)C2(Br)[C@@H]3C(=O)N(c4ccccc4)C(=O)[C@@H]3C1(C)[C@H]1C(=O)N(c3ccccc3)C(=O)[C@@H]12. The number of esters is 1. The molecule has 0 N–H and O–H groups in total. The Morgan fingerprint density at radius 2 is 1.18 bits per heavy atom. The second-order valence-corrected chi connectivity index (χ2v) is 11.7. The minimum absolute atomic E-state index is 0.0925. The number of para-hydroxylation sites is 2. The average molecular weight is 577 g/mol. The number of amides is 4. The summed E-state index contributed by atoms with van der Waals surface area (Å²) in [5.74, 6) is -6.66. The third-order valence-corrected chi connectivity index (χ3v) is 10.4. The molecule has 0 aromatic heterocycles. The Bertz CT molecular complexity index is 1370. The van der Waals surface area contributed by atoms with Crippen LogP contribution in [0.5, 0.6) is 0 Å². The van der Waals surface area contributed by atoms with E-state index in [0.717, 1.165) is 9.80 Å². The van der Waals surface area contributed by atoms with Gasteiger partial charge in [0.05, 0.1) is 46.0 Å². The van der Waals surface area contributed by atoms with Gasteiger partial charge in [0.25, 0.3) is 0 Å². The minimum Gasteiger partial charge on any atom is -0.463 e. The molecule has 4 amide bonds. The molecule has 2 aromatic rings. The van der Waals surface area contributed by atoms with E-state index in [-0.39, 0.29) is 12.2 Å². The number of imide groups is 2. The molecule has 3 aliphatic carbocycles. The smallest absolute Gasteiger partial charge is 0.334 e. The van der Waals surface area contributed by atoms with Gasteiger partial charge in [-0.25, -0.2) is 14.6 Å². The fourth-order valence-electron chi connectivity index (χ4n) is 7.39. The van der Waals surface area contributed by atoms with Crippen LogP contribution in [0, 0.1) is 29.1 Å². The van der Waals surface area contributed by atoms with Crippen molar-refractivity contribution in [1.82, 2.24) is 0 Å². The number of benzene rings is 2. The monoisotopic (exact) mass is 576 g/mol. The molecule has 2 saturated heterocycles. The number of hydrogen-bond donors (Lipinski definition) is 0. The van der Waals surface area contributed by atoms with Gasteiger partial charge in [-0.15, -0.1) is 0 Å². The second kappa shape index (κ2) is 8.20. The predicted molar refractivity (Wildman–Crippen MR) is 141 cm³/mol. The Hall–Kier alpha value is -3.59. The van der Waals surface area contributed by atoms with E-state index in [1.807, 2.05) is 0 Å². The molecule has 2 aromatic carbocycles. The summed E-state index contributed by atoms with van der Waals surface area (Å²) in [5, 5.41) is 0. The molecule has 194 valence electrons. The lowest BCUT2D eigenvalue weighted by molar-refractivity contribution is -0.152. The normalized spacial score (nSPS) is 33.7. The summed E-state index contributed by atoms with van der Waals surface area (Å²) in [6.07, 6.45) is 0. The molecule has 5 aliphatic rings. The topological polar surface area (TPSA) is 101 Å². The molecule has 0 radical (unpaired) electrons. The number of carbonyl (C=O) groups is 5. The second-order valence-electron chi connectivity index (χ2n) is 10.4. The molecule has 2 bridgehead atoms. The number of rotatable bonds is 4. The maximum absolute atomic E-state index is 14.1. The summed E-state index contributed by atoms with van der Waals surface area (Å²) in [7, 11) is 0. The van der Waals surface area contributed by atoms with Crippen LogP contribution in [0.1, 0.15) is 20.8 Å². The highest BCUT2D eigenvalue weighted by molar-refractivity contribution is 9.10. The van der Waals surface area contributed by atoms with Gasteiger partial charge in [-0.2, -0.15) is 0 Å². The largest absolute Gasteiger partial charge is 0.463 e. The molecule has 6 atom stereocenters. The lowest BCUT2D eigenvalue weighted by atomic mass is 9.43. The maximum Gasteiger partial charge on any atom is 0.334 e. The highest BCUT2D eigenvalue weighted by Gasteiger charge is 2.81. The summed E-state index contributed by atoms with van der Waals surface area (Å²) in [5.41, 5.74) is -0.00710. The van der Waals surface area contributed by atoms with Gasteiger partial charge in [0.2, 0.25) is 23.6 Å². The zero-order chi connectivity index (χ0) is 27.1. The van der Waals surface area contributed by atoms with Gasteiger partial charge in [-0.3, -0.25) is 19.2 Å². The van der Waals surface area contributed by atoms with E-state index in [1.54, 1.807) is 81.4 Å². The van der Waals surface area contributed by atoms with Crippen LogP contribution in [0.25, 0.3) is 0 Å². The summed E-state index contributed by atoms with van der Waals surface area (Å²) in [4.78, 5) is 72.2. The minimum atomic E-state index is -1.45. The van der Waals surface area contributed by atoms with E-state index in [9.17, 15) is 24.0 Å². The number of allylic oxidation sites excluding steroid dienone is 1. The van der Waals surface area contributed by atoms with Crippen LogP contribution in [0.15, 0.2) is 71.8 Å². The molecule has 38 heavy (non-hydrogen) atoms. The number of ether oxygens (including phenoxy) is 1. The zero-order valence-corrected chi connectivity index (χ0v) is 22.6. The summed E-state index contributed by atoms with van der Waals surface area (Å²) in [6, 6.07) is 17.1. The van der Waals surface area contributed by atoms with Crippen molar-refractivity contribution in [1.29, 1.82) is 0 Å². The zero-order valence-electron chi connectivity index (χ0n) is 21.0. The number of carbonyl (C=O) groups excluding carboxylic acids is 5. The average Bonchev–Trinajstić information content (AvgIpc) is 3.34. The molecular formula is C29H25BrN2O6. The van der Waals surface area contributed by atoms with Gasteiger partial charge in [-0.1, -0.05) is 59.3 Å². The van der Waals surface area contributed by atoms with Crippen LogP contribution < -0.4 is 9.80 Å². The first-order chi connectivity index (χ1) is 18.1. The van der Waals surface area contributed by atoms with Crippen molar-refractivity contribution in [2.75, 3.05) is 16.4 Å². The molecule has 0 spiro atoms. The predicted octanol–water partition coefficient (Wildman–Crippen LogP) is 3.64.